The van der Waals surface area contributed by atoms with Crippen molar-refractivity contribution in [2.45, 2.75) is 24.9 Å². The van der Waals surface area contributed by atoms with E-state index in [0.717, 1.165) is 4.57 Å². The summed E-state index contributed by atoms with van der Waals surface area (Å²) in [5.41, 5.74) is 4.99. The highest BCUT2D eigenvalue weighted by atomic mass is 32.1. The lowest BCUT2D eigenvalue weighted by atomic mass is 10.2. The molecule has 1 saturated heterocycles. The number of phosphoric ester groups is 1. The number of nitrogens with zero attached hydrogens (tertiary/aromatic N) is 2. The highest BCUT2D eigenvalue weighted by Crippen LogP contribution is 2.66. The third-order valence-corrected chi connectivity index (χ3v) is 7.58. The van der Waals surface area contributed by atoms with Crippen LogP contribution < -0.4 is 11.4 Å². The van der Waals surface area contributed by atoms with Crippen LogP contribution in [0.3, 0.4) is 0 Å². The molecule has 20 heteroatoms. The van der Waals surface area contributed by atoms with Gasteiger partial charge in [0.15, 0.2) is 0 Å². The van der Waals surface area contributed by atoms with E-state index in [1.807, 2.05) is 0 Å². The van der Waals surface area contributed by atoms with Crippen molar-refractivity contribution in [3.63, 3.8) is 0 Å². The van der Waals surface area contributed by atoms with Gasteiger partial charge in [-0.05, 0) is 0 Å². The van der Waals surface area contributed by atoms with E-state index < -0.39 is 54.2 Å². The Labute approximate surface area is 185 Å². The van der Waals surface area contributed by atoms with Crippen LogP contribution in [0.25, 0.3) is 0 Å². The molecule has 1 aromatic rings. The summed E-state index contributed by atoms with van der Waals surface area (Å²) >= 11 is 3.93. The number of aromatic nitrogens is 2. The fourth-order valence-corrected chi connectivity index (χ4v) is 5.53. The highest BCUT2D eigenvalue weighted by Gasteiger charge is 2.43. The number of rotatable bonds is 8. The van der Waals surface area contributed by atoms with Gasteiger partial charge in [-0.2, -0.15) is 26.2 Å². The minimum absolute atomic E-state index is 0.136. The zero-order valence-electron chi connectivity index (χ0n) is 15.7. The van der Waals surface area contributed by atoms with E-state index in [1.54, 1.807) is 0 Å². The number of aliphatic hydroxyl groups excluding tert-OH is 1. The summed E-state index contributed by atoms with van der Waals surface area (Å²) in [6, 6.07) is 0. The van der Waals surface area contributed by atoms with Crippen LogP contribution in [-0.2, 0) is 31.6 Å². The van der Waals surface area contributed by atoms with Gasteiger partial charge in [0.05, 0.1) is 24.0 Å². The molecule has 0 radical (unpaired) electrons. The van der Waals surface area contributed by atoms with E-state index in [2.05, 4.69) is 42.6 Å². The summed E-state index contributed by atoms with van der Waals surface area (Å²) in [6.45, 7) is -0.884. The lowest BCUT2D eigenvalue weighted by Gasteiger charge is -2.19. The highest BCUT2D eigenvalue weighted by molar-refractivity contribution is 7.80. The van der Waals surface area contributed by atoms with Crippen molar-refractivity contribution in [1.82, 2.24) is 9.55 Å². The topological polar surface area (TPSA) is 250 Å². The maximum atomic E-state index is 12.1. The Kier molecular flexibility index (Phi) is 8.88. The molecule has 0 bridgehead atoms. The molecule has 5 atom stereocenters. The van der Waals surface area contributed by atoms with E-state index in [4.69, 9.17) is 25.2 Å². The average Bonchev–Trinajstić information content (AvgIpc) is 2.97. The number of aliphatic hydroxyl groups is 1. The Morgan fingerprint density at radius 2 is 1.91 bits per heavy atom. The van der Waals surface area contributed by atoms with Crippen LogP contribution in [0.15, 0.2) is 11.0 Å². The smallest absolute Gasteiger partial charge is 0.390 e. The molecule has 180 valence electrons. The molecule has 32 heavy (non-hydrogen) atoms. The molecular weight excluding hydrogens is 519 g/mol. The summed E-state index contributed by atoms with van der Waals surface area (Å²) in [5.74, 6) is 5.33. The molecule has 0 saturated carbocycles. The maximum absolute atomic E-state index is 12.1. The van der Waals surface area contributed by atoms with Gasteiger partial charge in [0, 0.05) is 12.6 Å². The summed E-state index contributed by atoms with van der Waals surface area (Å²) < 4.78 is 51.7. The molecule has 1 aliphatic heterocycles. The molecule has 3 unspecified atom stereocenters. The number of phosphoric acid groups is 3. The summed E-state index contributed by atoms with van der Waals surface area (Å²) in [4.78, 5) is 51.3. The Balaban J connectivity index is 2.08. The van der Waals surface area contributed by atoms with Gasteiger partial charge >= 0.3 is 29.2 Å². The lowest BCUT2D eigenvalue weighted by molar-refractivity contribution is -0.0449. The molecule has 0 amide bonds. The van der Waals surface area contributed by atoms with Crippen molar-refractivity contribution in [3.05, 3.63) is 22.2 Å². The Morgan fingerprint density at radius 1 is 1.25 bits per heavy atom. The number of thiol groups is 1. The minimum Gasteiger partial charge on any atom is -0.390 e. The van der Waals surface area contributed by atoms with E-state index in [9.17, 15) is 28.5 Å². The van der Waals surface area contributed by atoms with Gasteiger partial charge in [-0.25, -0.2) is 18.5 Å². The molecule has 2 rings (SSSR count). The zero-order chi connectivity index (χ0) is 24.3. The third kappa shape index (κ3) is 8.05. The Morgan fingerprint density at radius 3 is 2.50 bits per heavy atom. The molecule has 16 nitrogen and oxygen atoms in total. The van der Waals surface area contributed by atoms with Crippen molar-refractivity contribution >= 4 is 41.9 Å². The fraction of sp³-hybridized carbons (Fsp3) is 0.500. The second-order valence-corrected chi connectivity index (χ2v) is 10.7. The molecule has 0 aromatic carbocycles. The third-order valence-electron chi connectivity index (χ3n) is 3.62. The van der Waals surface area contributed by atoms with E-state index in [-0.39, 0.29) is 23.6 Å². The molecule has 2 heterocycles. The van der Waals surface area contributed by atoms with Gasteiger partial charge in [0.2, 0.25) is 0 Å². The second-order valence-electron chi connectivity index (χ2n) is 6.01. The number of nitrogens with two attached hydrogens (primary N) is 1. The van der Waals surface area contributed by atoms with Gasteiger partial charge in [-0.3, -0.25) is 9.09 Å². The van der Waals surface area contributed by atoms with Crippen LogP contribution in [0.2, 0.25) is 0 Å². The van der Waals surface area contributed by atoms with Gasteiger partial charge in [-0.15, -0.1) is 0 Å². The molecule has 1 fully saturated rings. The lowest BCUT2D eigenvalue weighted by Crippen LogP contribution is -2.29. The van der Waals surface area contributed by atoms with Crippen molar-refractivity contribution in [2.75, 3.05) is 18.1 Å². The Bertz CT molecular complexity index is 1110. The molecule has 0 aliphatic carbocycles. The van der Waals surface area contributed by atoms with Crippen molar-refractivity contribution < 1.29 is 56.3 Å². The fourth-order valence-electron chi connectivity index (χ4n) is 2.43. The van der Waals surface area contributed by atoms with Gasteiger partial charge in [-0.1, -0.05) is 11.8 Å². The Hall–Kier alpha value is -1.08. The zero-order valence-corrected chi connectivity index (χ0v) is 19.3. The van der Waals surface area contributed by atoms with Crippen molar-refractivity contribution in [2.24, 2.45) is 0 Å². The largest absolute Gasteiger partial charge is 0.490 e. The first-order valence-corrected chi connectivity index (χ1v) is 13.4. The first-order valence-electron chi connectivity index (χ1n) is 8.23. The summed E-state index contributed by atoms with van der Waals surface area (Å²) in [5, 5.41) is 10.1. The van der Waals surface area contributed by atoms with Crippen molar-refractivity contribution in [1.29, 1.82) is 0 Å². The van der Waals surface area contributed by atoms with Gasteiger partial charge in [0.1, 0.15) is 18.1 Å². The molecule has 0 spiro atoms. The predicted molar refractivity (Wildman–Crippen MR) is 108 cm³/mol. The quantitative estimate of drug-likeness (QED) is 0.121. The minimum atomic E-state index is -5.69. The van der Waals surface area contributed by atoms with Gasteiger partial charge in [0.25, 0.3) is 0 Å². The number of nitrogen functional groups attached to an aromatic ring is 1. The van der Waals surface area contributed by atoms with Crippen LogP contribution in [0.1, 0.15) is 18.2 Å². The van der Waals surface area contributed by atoms with E-state index in [1.165, 1.54) is 6.20 Å². The van der Waals surface area contributed by atoms with Crippen LogP contribution in [0.5, 0.6) is 0 Å². The number of ether oxygens (including phenoxy) is 1. The second kappa shape index (κ2) is 10.5. The molecular formula is C12H18N3O13P3S. The maximum Gasteiger partial charge on any atom is 0.490 e. The normalized spacial score (nSPS) is 24.9. The van der Waals surface area contributed by atoms with Crippen LogP contribution in [0, 0.1) is 11.8 Å². The van der Waals surface area contributed by atoms with E-state index >= 15 is 0 Å². The number of hydrogen-bond donors (Lipinski definition) is 7. The molecule has 1 aromatic heterocycles. The monoisotopic (exact) mass is 537 g/mol. The predicted octanol–water partition coefficient (Wildman–Crippen LogP) is -0.902. The average molecular weight is 537 g/mol. The first kappa shape index (κ1) is 27.2. The van der Waals surface area contributed by atoms with Gasteiger partial charge < -0.3 is 35.2 Å². The van der Waals surface area contributed by atoms with Crippen LogP contribution in [-0.4, -0.2) is 58.8 Å². The molecule has 7 N–H and O–H groups in total. The number of hydrogen-bond acceptors (Lipinski definition) is 12. The van der Waals surface area contributed by atoms with Crippen LogP contribution in [0.4, 0.5) is 5.82 Å². The molecule has 1 aliphatic rings. The number of anilines is 1. The van der Waals surface area contributed by atoms with Crippen LogP contribution >= 0.6 is 36.1 Å². The summed E-state index contributed by atoms with van der Waals surface area (Å²) in [7, 11) is -16.6. The first-order chi connectivity index (χ1) is 14.6. The summed E-state index contributed by atoms with van der Waals surface area (Å²) in [6.07, 6.45) is -2.69. The standard InChI is InChI=1S/C12H18N3O13P3S/c13-11-7(2-1-3-32)5-15(12(17)14-11)10-4-8(16)9(26-10)6-25-30(21,22)28-31(23,24)27-29(18,19)20/h5,8-10,16,32H,3-4,6H2,(H,21,22)(H,23,24)(H2,13,14,17)(H2,18,19,20)/t8?,9-,10-/m1/s1. The SMILES string of the molecule is Nc1nc(=O)n([C@H]2CC(O)[C@@H](COP(=O)(O)OP(=O)(O)OP(=O)(O)O)O2)cc1C#CCS. The van der Waals surface area contributed by atoms with E-state index in [0.29, 0.717) is 0 Å². The van der Waals surface area contributed by atoms with Crippen molar-refractivity contribution in [3.8, 4) is 11.8 Å².